The van der Waals surface area contributed by atoms with Crippen LogP contribution < -0.4 is 14.2 Å². The molecule has 0 atom stereocenters. The summed E-state index contributed by atoms with van der Waals surface area (Å²) in [5.41, 5.74) is 1.25. The zero-order valence-electron chi connectivity index (χ0n) is 22.3. The fourth-order valence-electron chi connectivity index (χ4n) is 5.26. The summed E-state index contributed by atoms with van der Waals surface area (Å²) in [5, 5.41) is 4.10. The van der Waals surface area contributed by atoms with Crippen LogP contribution >= 0.6 is 0 Å². The van der Waals surface area contributed by atoms with Crippen LogP contribution in [0.4, 0.5) is 13.2 Å². The zero-order chi connectivity index (χ0) is 27.8. The van der Waals surface area contributed by atoms with Crippen molar-refractivity contribution in [2.24, 2.45) is 5.92 Å². The predicted molar refractivity (Wildman–Crippen MR) is 139 cm³/mol. The standard InChI is InChI=1S/C29H32F3N3O4/c1-19(2)10-15-38-24-9-8-20(16-25(24)37-3)27(36)34-13-11-28(12-14-34)22-17-33-35(18-29(30,31)32)26(22)21-6-4-5-7-23(21)39-28/h4-9,16-17,19H,10-15,18H2,1-3H3. The van der Waals surface area contributed by atoms with Crippen LogP contribution in [0.5, 0.6) is 17.2 Å². The summed E-state index contributed by atoms with van der Waals surface area (Å²) in [5.74, 6) is 1.96. The van der Waals surface area contributed by atoms with Gasteiger partial charge in [0.15, 0.2) is 11.5 Å². The van der Waals surface area contributed by atoms with Gasteiger partial charge >= 0.3 is 6.18 Å². The van der Waals surface area contributed by atoms with Crippen LogP contribution in [0.3, 0.4) is 0 Å². The van der Waals surface area contributed by atoms with Crippen molar-refractivity contribution in [1.29, 1.82) is 0 Å². The molecule has 0 N–H and O–H groups in total. The van der Waals surface area contributed by atoms with Crippen molar-refractivity contribution in [1.82, 2.24) is 14.7 Å². The number of para-hydroxylation sites is 1. The molecule has 39 heavy (non-hydrogen) atoms. The zero-order valence-corrected chi connectivity index (χ0v) is 22.3. The van der Waals surface area contributed by atoms with E-state index in [2.05, 4.69) is 18.9 Å². The number of ether oxygens (including phenoxy) is 3. The molecule has 2 aliphatic rings. The van der Waals surface area contributed by atoms with E-state index in [0.29, 0.717) is 78.1 Å². The number of carbonyl (C=O) groups excluding carboxylic acids is 1. The first-order chi connectivity index (χ1) is 18.6. The van der Waals surface area contributed by atoms with Gasteiger partial charge in [0.2, 0.25) is 0 Å². The molecule has 1 aromatic heterocycles. The molecule has 0 aliphatic carbocycles. The van der Waals surface area contributed by atoms with E-state index in [4.69, 9.17) is 14.2 Å². The van der Waals surface area contributed by atoms with Gasteiger partial charge in [-0.05, 0) is 42.7 Å². The minimum absolute atomic E-state index is 0.152. The molecule has 1 spiro atoms. The molecule has 208 valence electrons. The highest BCUT2D eigenvalue weighted by atomic mass is 19.4. The van der Waals surface area contributed by atoms with Crippen LogP contribution in [0.15, 0.2) is 48.7 Å². The lowest BCUT2D eigenvalue weighted by Crippen LogP contribution is -2.49. The summed E-state index contributed by atoms with van der Waals surface area (Å²) >= 11 is 0. The van der Waals surface area contributed by atoms with Crippen molar-refractivity contribution in [3.63, 3.8) is 0 Å². The number of benzene rings is 2. The molecule has 0 unspecified atom stereocenters. The molecule has 0 saturated carbocycles. The Bertz CT molecular complexity index is 1340. The summed E-state index contributed by atoms with van der Waals surface area (Å²) in [7, 11) is 1.54. The Hall–Kier alpha value is -3.69. The predicted octanol–water partition coefficient (Wildman–Crippen LogP) is 6.07. The lowest BCUT2D eigenvalue weighted by Gasteiger charge is -2.44. The van der Waals surface area contributed by atoms with E-state index in [-0.39, 0.29) is 5.91 Å². The molecule has 3 aromatic rings. The number of aromatic nitrogens is 2. The number of hydrogen-bond acceptors (Lipinski definition) is 5. The number of rotatable bonds is 7. The maximum atomic E-state index is 13.4. The molecular formula is C29H32F3N3O4. The van der Waals surface area contributed by atoms with Crippen molar-refractivity contribution in [2.45, 2.75) is 51.4 Å². The molecule has 7 nitrogen and oxygen atoms in total. The SMILES string of the molecule is COc1cc(C(=O)N2CCC3(CC2)Oc2ccccc2-c2c3cnn2CC(F)(F)F)ccc1OCCC(C)C. The summed E-state index contributed by atoms with van der Waals surface area (Å²) in [6.45, 7) is 4.37. The van der Waals surface area contributed by atoms with E-state index in [0.717, 1.165) is 11.1 Å². The number of fused-ring (bicyclic) bond motifs is 4. The third kappa shape index (κ3) is 5.42. The minimum Gasteiger partial charge on any atom is -0.493 e. The number of methoxy groups -OCH3 is 1. The molecule has 10 heteroatoms. The third-order valence-electron chi connectivity index (χ3n) is 7.33. The summed E-state index contributed by atoms with van der Waals surface area (Å²) < 4.78 is 58.7. The first-order valence-electron chi connectivity index (χ1n) is 13.1. The molecule has 1 amide bonds. The first-order valence-corrected chi connectivity index (χ1v) is 13.1. The van der Waals surface area contributed by atoms with Gasteiger partial charge in [-0.1, -0.05) is 26.0 Å². The second-order valence-electron chi connectivity index (χ2n) is 10.5. The molecule has 3 heterocycles. The van der Waals surface area contributed by atoms with Gasteiger partial charge in [0.25, 0.3) is 5.91 Å². The van der Waals surface area contributed by atoms with E-state index < -0.39 is 18.3 Å². The highest BCUT2D eigenvalue weighted by Crippen LogP contribution is 2.50. The Balaban J connectivity index is 1.35. The van der Waals surface area contributed by atoms with E-state index in [1.165, 1.54) is 6.20 Å². The van der Waals surface area contributed by atoms with Crippen molar-refractivity contribution < 1.29 is 32.2 Å². The van der Waals surface area contributed by atoms with Gasteiger partial charge < -0.3 is 19.1 Å². The Labute approximate surface area is 225 Å². The van der Waals surface area contributed by atoms with Crippen LogP contribution in [0.25, 0.3) is 11.3 Å². The molecule has 2 aliphatic heterocycles. The number of amides is 1. The largest absolute Gasteiger partial charge is 0.493 e. The Morgan fingerprint density at radius 2 is 1.87 bits per heavy atom. The summed E-state index contributed by atoms with van der Waals surface area (Å²) in [4.78, 5) is 15.1. The van der Waals surface area contributed by atoms with Crippen LogP contribution in [0, 0.1) is 5.92 Å². The van der Waals surface area contributed by atoms with Gasteiger partial charge in [0, 0.05) is 42.6 Å². The van der Waals surface area contributed by atoms with Crippen LogP contribution in [-0.2, 0) is 12.1 Å². The maximum Gasteiger partial charge on any atom is 0.408 e. The Kier molecular flexibility index (Phi) is 7.22. The van der Waals surface area contributed by atoms with Crippen LogP contribution in [0.1, 0.15) is 49.0 Å². The van der Waals surface area contributed by atoms with E-state index >= 15 is 0 Å². The molecule has 1 saturated heterocycles. The lowest BCUT2D eigenvalue weighted by molar-refractivity contribution is -0.142. The number of hydrogen-bond donors (Lipinski definition) is 0. The third-order valence-corrected chi connectivity index (χ3v) is 7.33. The average Bonchev–Trinajstić information content (AvgIpc) is 3.32. The van der Waals surface area contributed by atoms with Crippen molar-refractivity contribution in [2.75, 3.05) is 26.8 Å². The number of alkyl halides is 3. The highest BCUT2D eigenvalue weighted by molar-refractivity contribution is 5.95. The first kappa shape index (κ1) is 26.9. The second-order valence-corrected chi connectivity index (χ2v) is 10.5. The number of nitrogens with zero attached hydrogens (tertiary/aromatic N) is 3. The van der Waals surface area contributed by atoms with Crippen molar-refractivity contribution in [3.05, 3.63) is 59.8 Å². The molecule has 0 radical (unpaired) electrons. The van der Waals surface area contributed by atoms with Gasteiger partial charge in [-0.3, -0.25) is 9.48 Å². The van der Waals surface area contributed by atoms with Crippen molar-refractivity contribution >= 4 is 5.91 Å². The molecule has 5 rings (SSSR count). The molecule has 1 fully saturated rings. The summed E-state index contributed by atoms with van der Waals surface area (Å²) in [6.07, 6.45) is -1.18. The second kappa shape index (κ2) is 10.5. The fraction of sp³-hybridized carbons (Fsp3) is 0.448. The average molecular weight is 544 g/mol. The normalized spacial score (nSPS) is 16.0. The van der Waals surface area contributed by atoms with E-state index in [1.54, 1.807) is 54.5 Å². The monoisotopic (exact) mass is 543 g/mol. The Morgan fingerprint density at radius 1 is 1.13 bits per heavy atom. The van der Waals surface area contributed by atoms with Gasteiger partial charge in [0.05, 0.1) is 25.6 Å². The molecule has 2 aromatic carbocycles. The smallest absolute Gasteiger partial charge is 0.408 e. The quantitative estimate of drug-likeness (QED) is 0.362. The van der Waals surface area contributed by atoms with Gasteiger partial charge in [-0.2, -0.15) is 18.3 Å². The fourth-order valence-corrected chi connectivity index (χ4v) is 5.26. The number of carbonyl (C=O) groups is 1. The number of piperidine rings is 1. The van der Waals surface area contributed by atoms with E-state index in [9.17, 15) is 18.0 Å². The Morgan fingerprint density at radius 3 is 2.56 bits per heavy atom. The minimum atomic E-state index is -4.41. The highest BCUT2D eigenvalue weighted by Gasteiger charge is 2.47. The van der Waals surface area contributed by atoms with Gasteiger partial charge in [-0.15, -0.1) is 0 Å². The number of likely N-dealkylation sites (tertiary alicyclic amines) is 1. The molecular weight excluding hydrogens is 511 g/mol. The van der Waals surface area contributed by atoms with Crippen LogP contribution in [-0.4, -0.2) is 53.6 Å². The maximum absolute atomic E-state index is 13.4. The van der Waals surface area contributed by atoms with Crippen LogP contribution in [0.2, 0.25) is 0 Å². The topological polar surface area (TPSA) is 65.8 Å². The van der Waals surface area contributed by atoms with Gasteiger partial charge in [0.1, 0.15) is 17.9 Å². The van der Waals surface area contributed by atoms with E-state index in [1.807, 2.05) is 0 Å². The number of halogens is 3. The summed E-state index contributed by atoms with van der Waals surface area (Å²) in [6, 6.07) is 12.2. The lowest BCUT2D eigenvalue weighted by atomic mass is 9.81. The molecule has 0 bridgehead atoms. The van der Waals surface area contributed by atoms with Crippen molar-refractivity contribution in [3.8, 4) is 28.5 Å². The van der Waals surface area contributed by atoms with Gasteiger partial charge in [-0.25, -0.2) is 0 Å².